The Kier molecular flexibility index (Phi) is 6.01. The highest BCUT2D eigenvalue weighted by molar-refractivity contribution is 5.73. The Labute approximate surface area is 176 Å². The molecule has 8 heteroatoms. The molecular formula is C22H28FN5O2. The van der Waals surface area contributed by atoms with Gasteiger partial charge in [-0.15, -0.1) is 0 Å². The third kappa shape index (κ3) is 5.17. The quantitative estimate of drug-likeness (QED) is 0.691. The van der Waals surface area contributed by atoms with Gasteiger partial charge in [-0.25, -0.2) is 9.37 Å². The number of halogens is 1. The van der Waals surface area contributed by atoms with Crippen LogP contribution in [0.3, 0.4) is 0 Å². The maximum atomic E-state index is 14.3. The number of carbonyl (C=O) groups excluding carboxylic acids is 1. The van der Waals surface area contributed by atoms with E-state index in [9.17, 15) is 9.18 Å². The van der Waals surface area contributed by atoms with Gasteiger partial charge >= 0.3 is 0 Å². The maximum absolute atomic E-state index is 14.3. The number of benzene rings is 1. The van der Waals surface area contributed by atoms with Crippen molar-refractivity contribution in [1.82, 2.24) is 15.3 Å². The maximum Gasteiger partial charge on any atom is 0.224 e. The van der Waals surface area contributed by atoms with Crippen molar-refractivity contribution in [3.05, 3.63) is 41.8 Å². The standard InChI is InChI=1S/C22H28FN5O2/c1-14(26-15(2)29)17-5-7-18(8-6-17)30-19-9-10-28(13-19)21-20(23)12-25-22(27-21)24-11-16-3-4-16/h5-8,12,14,16,19H,3-4,9-11,13H2,1-2H3,(H,26,29)(H,24,25,27)/t14-,19+/m0/s1. The summed E-state index contributed by atoms with van der Waals surface area (Å²) in [5.74, 6) is 1.79. The lowest BCUT2D eigenvalue weighted by atomic mass is 10.1. The molecule has 2 heterocycles. The zero-order valence-corrected chi connectivity index (χ0v) is 17.4. The summed E-state index contributed by atoms with van der Waals surface area (Å²) in [7, 11) is 0. The van der Waals surface area contributed by atoms with Crippen LogP contribution in [0, 0.1) is 11.7 Å². The third-order valence-corrected chi connectivity index (χ3v) is 5.52. The van der Waals surface area contributed by atoms with Gasteiger partial charge in [0.25, 0.3) is 0 Å². The minimum absolute atomic E-state index is 0.0409. The molecule has 2 atom stereocenters. The highest BCUT2D eigenvalue weighted by atomic mass is 19.1. The molecule has 2 aliphatic rings. The molecule has 2 N–H and O–H groups in total. The van der Waals surface area contributed by atoms with Crippen LogP contribution in [0.25, 0.3) is 0 Å². The minimum Gasteiger partial charge on any atom is -0.489 e. The Balaban J connectivity index is 1.34. The van der Waals surface area contributed by atoms with E-state index in [2.05, 4.69) is 20.6 Å². The fraction of sp³-hybridized carbons (Fsp3) is 0.500. The number of nitrogens with zero attached hydrogens (tertiary/aromatic N) is 3. The summed E-state index contributed by atoms with van der Waals surface area (Å²) in [5, 5.41) is 6.07. The van der Waals surface area contributed by atoms with Gasteiger partial charge in [0.1, 0.15) is 11.9 Å². The number of hydrogen-bond donors (Lipinski definition) is 2. The van der Waals surface area contributed by atoms with Gasteiger partial charge in [0.15, 0.2) is 11.6 Å². The number of anilines is 2. The predicted molar refractivity (Wildman–Crippen MR) is 113 cm³/mol. The van der Waals surface area contributed by atoms with Crippen LogP contribution >= 0.6 is 0 Å². The second-order valence-electron chi connectivity index (χ2n) is 8.16. The van der Waals surface area contributed by atoms with Crippen LogP contribution < -0.4 is 20.3 Å². The van der Waals surface area contributed by atoms with E-state index in [1.165, 1.54) is 26.0 Å². The van der Waals surface area contributed by atoms with Crippen LogP contribution in [0.2, 0.25) is 0 Å². The van der Waals surface area contributed by atoms with E-state index in [4.69, 9.17) is 4.74 Å². The summed E-state index contributed by atoms with van der Waals surface area (Å²) in [6.07, 6.45) is 4.46. The van der Waals surface area contributed by atoms with Gasteiger partial charge in [0.2, 0.25) is 11.9 Å². The van der Waals surface area contributed by atoms with Crippen molar-refractivity contribution < 1.29 is 13.9 Å². The molecule has 0 radical (unpaired) electrons. The molecule has 1 saturated carbocycles. The summed E-state index contributed by atoms with van der Waals surface area (Å²) >= 11 is 0. The molecule has 1 saturated heterocycles. The number of ether oxygens (including phenoxy) is 1. The minimum atomic E-state index is -0.413. The van der Waals surface area contributed by atoms with E-state index in [1.807, 2.05) is 36.1 Å². The molecule has 1 aliphatic heterocycles. The molecule has 1 amide bonds. The predicted octanol–water partition coefficient (Wildman–Crippen LogP) is 3.29. The van der Waals surface area contributed by atoms with Crippen LogP contribution in [0.5, 0.6) is 5.75 Å². The van der Waals surface area contributed by atoms with Crippen molar-refractivity contribution in [1.29, 1.82) is 0 Å². The molecule has 1 aromatic heterocycles. The molecule has 4 rings (SSSR count). The number of rotatable bonds is 8. The Morgan fingerprint density at radius 3 is 2.77 bits per heavy atom. The highest BCUT2D eigenvalue weighted by Gasteiger charge is 2.28. The molecule has 7 nitrogen and oxygen atoms in total. The van der Waals surface area contributed by atoms with Gasteiger partial charge in [-0.3, -0.25) is 4.79 Å². The summed E-state index contributed by atoms with van der Waals surface area (Å²) in [4.78, 5) is 21.6. The molecule has 0 spiro atoms. The lowest BCUT2D eigenvalue weighted by Crippen LogP contribution is -2.26. The van der Waals surface area contributed by atoms with Crippen LogP contribution in [0.1, 0.15) is 44.7 Å². The van der Waals surface area contributed by atoms with Gasteiger partial charge in [-0.1, -0.05) is 12.1 Å². The molecule has 0 bridgehead atoms. The lowest BCUT2D eigenvalue weighted by molar-refractivity contribution is -0.119. The third-order valence-electron chi connectivity index (χ3n) is 5.52. The largest absolute Gasteiger partial charge is 0.489 e. The van der Waals surface area contributed by atoms with Gasteiger partial charge in [0, 0.05) is 26.4 Å². The second kappa shape index (κ2) is 8.85. The number of amides is 1. The second-order valence-corrected chi connectivity index (χ2v) is 8.16. The fourth-order valence-corrected chi connectivity index (χ4v) is 3.66. The van der Waals surface area contributed by atoms with Crippen molar-refractivity contribution in [2.75, 3.05) is 29.9 Å². The molecule has 1 aromatic carbocycles. The summed E-state index contributed by atoms with van der Waals surface area (Å²) in [6.45, 7) is 5.54. The molecule has 2 aromatic rings. The SMILES string of the molecule is CC(=O)N[C@@H](C)c1ccc(O[C@@H]2CCN(c3nc(NCC4CC4)ncc3F)C2)cc1. The van der Waals surface area contributed by atoms with E-state index in [0.717, 1.165) is 24.3 Å². The van der Waals surface area contributed by atoms with E-state index in [-0.39, 0.29) is 18.1 Å². The van der Waals surface area contributed by atoms with E-state index in [0.29, 0.717) is 30.8 Å². The molecule has 30 heavy (non-hydrogen) atoms. The number of aromatic nitrogens is 2. The number of nitrogens with one attached hydrogen (secondary N) is 2. The lowest BCUT2D eigenvalue weighted by Gasteiger charge is -2.19. The Morgan fingerprint density at radius 1 is 1.30 bits per heavy atom. The zero-order chi connectivity index (χ0) is 21.1. The first-order valence-corrected chi connectivity index (χ1v) is 10.5. The van der Waals surface area contributed by atoms with Crippen molar-refractivity contribution in [2.24, 2.45) is 5.92 Å². The smallest absolute Gasteiger partial charge is 0.224 e. The average Bonchev–Trinajstić information content (AvgIpc) is 3.44. The molecule has 1 aliphatic carbocycles. The van der Waals surface area contributed by atoms with Crippen molar-refractivity contribution in [2.45, 2.75) is 45.3 Å². The summed E-state index contributed by atoms with van der Waals surface area (Å²) in [6, 6.07) is 7.65. The van der Waals surface area contributed by atoms with Gasteiger partial charge in [-0.05, 0) is 43.4 Å². The van der Waals surface area contributed by atoms with Crippen LogP contribution in [0.4, 0.5) is 16.2 Å². The van der Waals surface area contributed by atoms with E-state index < -0.39 is 5.82 Å². The zero-order valence-electron chi connectivity index (χ0n) is 17.4. The van der Waals surface area contributed by atoms with Gasteiger partial charge in [-0.2, -0.15) is 4.98 Å². The van der Waals surface area contributed by atoms with E-state index in [1.54, 1.807) is 0 Å². The Hall–Kier alpha value is -2.90. The van der Waals surface area contributed by atoms with Crippen molar-refractivity contribution >= 4 is 17.7 Å². The summed E-state index contributed by atoms with van der Waals surface area (Å²) in [5.41, 5.74) is 1.01. The highest BCUT2D eigenvalue weighted by Crippen LogP contribution is 2.29. The molecule has 2 fully saturated rings. The average molecular weight is 413 g/mol. The Bertz CT molecular complexity index is 888. The topological polar surface area (TPSA) is 79.4 Å². The first-order valence-electron chi connectivity index (χ1n) is 10.5. The van der Waals surface area contributed by atoms with Crippen molar-refractivity contribution in [3.8, 4) is 5.75 Å². The molecular weight excluding hydrogens is 385 g/mol. The first kappa shape index (κ1) is 20.4. The van der Waals surface area contributed by atoms with Crippen LogP contribution in [-0.4, -0.2) is 41.6 Å². The van der Waals surface area contributed by atoms with Crippen LogP contribution in [0.15, 0.2) is 30.5 Å². The fourth-order valence-electron chi connectivity index (χ4n) is 3.66. The first-order chi connectivity index (χ1) is 14.5. The van der Waals surface area contributed by atoms with Gasteiger partial charge in [0.05, 0.1) is 18.8 Å². The number of carbonyl (C=O) groups is 1. The molecule has 160 valence electrons. The van der Waals surface area contributed by atoms with Crippen molar-refractivity contribution in [3.63, 3.8) is 0 Å². The monoisotopic (exact) mass is 413 g/mol. The van der Waals surface area contributed by atoms with E-state index >= 15 is 0 Å². The number of hydrogen-bond acceptors (Lipinski definition) is 6. The normalized spacial score (nSPS) is 19.4. The summed E-state index contributed by atoms with van der Waals surface area (Å²) < 4.78 is 20.4. The Morgan fingerprint density at radius 2 is 2.07 bits per heavy atom. The molecule has 0 unspecified atom stereocenters. The van der Waals surface area contributed by atoms with Gasteiger partial charge < -0.3 is 20.3 Å². The van der Waals surface area contributed by atoms with Crippen LogP contribution in [-0.2, 0) is 4.79 Å².